The summed E-state index contributed by atoms with van der Waals surface area (Å²) < 4.78 is 5.20. The second-order valence-corrected chi connectivity index (χ2v) is 5.61. The largest absolute Gasteiger partial charge is 0.465 e. The minimum Gasteiger partial charge on any atom is -0.465 e. The molecule has 1 N–H and O–H groups in total. The summed E-state index contributed by atoms with van der Waals surface area (Å²) in [4.78, 5) is 12.3. The van der Waals surface area contributed by atoms with E-state index in [1.165, 1.54) is 11.6 Å². The Morgan fingerprint density at radius 1 is 0.958 bits per heavy atom. The molecule has 3 heteroatoms. The Bertz CT molecular complexity index is 803. The molecule has 0 aliphatic carbocycles. The number of amides is 1. The lowest BCUT2D eigenvalue weighted by Crippen LogP contribution is -2.27. The molecule has 1 atom stereocenters. The van der Waals surface area contributed by atoms with Crippen molar-refractivity contribution in [1.82, 2.24) is 5.32 Å². The Labute approximate surface area is 141 Å². The monoisotopic (exact) mass is 317 g/mol. The zero-order valence-corrected chi connectivity index (χ0v) is 13.5. The summed E-state index contributed by atoms with van der Waals surface area (Å²) in [5, 5.41) is 3.06. The summed E-state index contributed by atoms with van der Waals surface area (Å²) in [7, 11) is 0. The van der Waals surface area contributed by atoms with Crippen molar-refractivity contribution in [1.29, 1.82) is 0 Å². The first-order valence-electron chi connectivity index (χ1n) is 7.86. The minimum absolute atomic E-state index is 0.166. The van der Waals surface area contributed by atoms with Crippen LogP contribution in [0.5, 0.6) is 0 Å². The quantitative estimate of drug-likeness (QED) is 0.704. The first-order chi connectivity index (χ1) is 11.7. The summed E-state index contributed by atoms with van der Waals surface area (Å²) in [6, 6.07) is 21.5. The molecule has 3 nitrogen and oxygen atoms in total. The Morgan fingerprint density at radius 3 is 2.33 bits per heavy atom. The molecule has 3 aromatic rings. The van der Waals surface area contributed by atoms with Crippen LogP contribution in [0.2, 0.25) is 0 Å². The molecular formula is C21H19NO2. The van der Waals surface area contributed by atoms with Crippen LogP contribution in [0.15, 0.2) is 83.5 Å². The number of carbonyl (C=O) groups is 1. The predicted octanol–water partition coefficient (Wildman–Crippen LogP) is 4.51. The highest BCUT2D eigenvalue weighted by atomic mass is 16.3. The third kappa shape index (κ3) is 4.02. The lowest BCUT2D eigenvalue weighted by Gasteiger charge is -2.19. The molecule has 0 bridgehead atoms. The van der Waals surface area contributed by atoms with Gasteiger partial charge in [-0.2, -0.15) is 0 Å². The minimum atomic E-state index is -0.194. The zero-order chi connectivity index (χ0) is 16.8. The third-order valence-corrected chi connectivity index (χ3v) is 3.77. The van der Waals surface area contributed by atoms with Crippen LogP contribution in [0, 0.1) is 6.92 Å². The molecular weight excluding hydrogens is 298 g/mol. The number of aryl methyl sites for hydroxylation is 1. The third-order valence-electron chi connectivity index (χ3n) is 3.77. The number of benzene rings is 2. The van der Waals surface area contributed by atoms with E-state index in [4.69, 9.17) is 4.42 Å². The van der Waals surface area contributed by atoms with Gasteiger partial charge < -0.3 is 9.73 Å². The van der Waals surface area contributed by atoms with Crippen molar-refractivity contribution in [3.8, 4) is 0 Å². The number of furan rings is 1. The van der Waals surface area contributed by atoms with E-state index < -0.39 is 0 Å². The van der Waals surface area contributed by atoms with Crippen LogP contribution in [-0.2, 0) is 4.79 Å². The standard InChI is InChI=1S/C21H19NO2/c1-16-9-11-18(12-10-16)21(17-6-3-2-4-7-17)22-20(23)14-13-19-8-5-15-24-19/h2-15,21H,1H3,(H,22,23)/b14-13+. The van der Waals surface area contributed by atoms with E-state index in [1.807, 2.05) is 49.4 Å². The van der Waals surface area contributed by atoms with Crippen LogP contribution in [0.3, 0.4) is 0 Å². The van der Waals surface area contributed by atoms with E-state index in [0.717, 1.165) is 11.1 Å². The van der Waals surface area contributed by atoms with E-state index >= 15 is 0 Å². The Kier molecular flexibility index (Phi) is 4.92. The van der Waals surface area contributed by atoms with Crippen molar-refractivity contribution < 1.29 is 9.21 Å². The van der Waals surface area contributed by atoms with Gasteiger partial charge in [0.2, 0.25) is 5.91 Å². The van der Waals surface area contributed by atoms with Gasteiger partial charge in [-0.15, -0.1) is 0 Å². The molecule has 0 aliphatic rings. The van der Waals surface area contributed by atoms with Gasteiger partial charge in [-0.05, 0) is 36.3 Å². The van der Waals surface area contributed by atoms with Crippen LogP contribution in [0.4, 0.5) is 0 Å². The lowest BCUT2D eigenvalue weighted by molar-refractivity contribution is -0.116. The number of rotatable bonds is 5. The molecule has 1 heterocycles. The van der Waals surface area contributed by atoms with Gasteiger partial charge in [0.05, 0.1) is 12.3 Å². The van der Waals surface area contributed by atoms with E-state index in [9.17, 15) is 4.79 Å². The Hall–Kier alpha value is -3.07. The molecule has 0 radical (unpaired) electrons. The highest BCUT2D eigenvalue weighted by Crippen LogP contribution is 2.22. The van der Waals surface area contributed by atoms with Crippen molar-refractivity contribution in [2.24, 2.45) is 0 Å². The van der Waals surface area contributed by atoms with Gasteiger partial charge in [0.25, 0.3) is 0 Å². The van der Waals surface area contributed by atoms with Crippen LogP contribution in [0.25, 0.3) is 6.08 Å². The Morgan fingerprint density at radius 2 is 1.67 bits per heavy atom. The average molecular weight is 317 g/mol. The molecule has 0 saturated heterocycles. The van der Waals surface area contributed by atoms with E-state index in [-0.39, 0.29) is 11.9 Å². The number of nitrogens with one attached hydrogen (secondary N) is 1. The maximum atomic E-state index is 12.3. The van der Waals surface area contributed by atoms with Crippen molar-refractivity contribution >= 4 is 12.0 Å². The fourth-order valence-electron chi connectivity index (χ4n) is 2.50. The number of carbonyl (C=O) groups excluding carboxylic acids is 1. The molecule has 0 saturated carbocycles. The van der Waals surface area contributed by atoms with Gasteiger partial charge in [0.15, 0.2) is 0 Å². The van der Waals surface area contributed by atoms with Crippen LogP contribution in [-0.4, -0.2) is 5.91 Å². The van der Waals surface area contributed by atoms with Crippen molar-refractivity contribution in [2.45, 2.75) is 13.0 Å². The first-order valence-corrected chi connectivity index (χ1v) is 7.86. The summed E-state index contributed by atoms with van der Waals surface area (Å²) >= 11 is 0. The van der Waals surface area contributed by atoms with Crippen molar-refractivity contribution in [3.63, 3.8) is 0 Å². The molecule has 24 heavy (non-hydrogen) atoms. The smallest absolute Gasteiger partial charge is 0.244 e. The SMILES string of the molecule is Cc1ccc(C(NC(=O)/C=C/c2ccco2)c2ccccc2)cc1. The molecule has 1 unspecified atom stereocenters. The van der Waals surface area contributed by atoms with E-state index in [2.05, 4.69) is 17.4 Å². The second kappa shape index (κ2) is 7.47. The number of hydrogen-bond acceptors (Lipinski definition) is 2. The van der Waals surface area contributed by atoms with Gasteiger partial charge in [0, 0.05) is 6.08 Å². The molecule has 0 fully saturated rings. The van der Waals surface area contributed by atoms with Gasteiger partial charge in [-0.3, -0.25) is 4.79 Å². The zero-order valence-electron chi connectivity index (χ0n) is 13.5. The average Bonchev–Trinajstić information content (AvgIpc) is 3.13. The summed E-state index contributed by atoms with van der Waals surface area (Å²) in [5.41, 5.74) is 3.28. The molecule has 2 aromatic carbocycles. The normalized spacial score (nSPS) is 12.2. The highest BCUT2D eigenvalue weighted by Gasteiger charge is 2.15. The first kappa shape index (κ1) is 15.8. The predicted molar refractivity (Wildman–Crippen MR) is 95.3 cm³/mol. The second-order valence-electron chi connectivity index (χ2n) is 5.61. The van der Waals surface area contributed by atoms with E-state index in [0.29, 0.717) is 5.76 Å². The maximum Gasteiger partial charge on any atom is 0.244 e. The van der Waals surface area contributed by atoms with Crippen LogP contribution >= 0.6 is 0 Å². The van der Waals surface area contributed by atoms with E-state index in [1.54, 1.807) is 24.5 Å². The van der Waals surface area contributed by atoms with Crippen LogP contribution < -0.4 is 5.32 Å². The molecule has 3 rings (SSSR count). The van der Waals surface area contributed by atoms with Gasteiger partial charge >= 0.3 is 0 Å². The molecule has 0 spiro atoms. The highest BCUT2D eigenvalue weighted by molar-refractivity contribution is 5.91. The summed E-state index contributed by atoms with van der Waals surface area (Å²) in [6.45, 7) is 2.05. The molecule has 120 valence electrons. The van der Waals surface area contributed by atoms with Crippen molar-refractivity contribution in [3.05, 3.63) is 102 Å². The molecule has 0 aliphatic heterocycles. The number of hydrogen-bond donors (Lipinski definition) is 1. The van der Waals surface area contributed by atoms with Gasteiger partial charge in [-0.1, -0.05) is 60.2 Å². The molecule has 1 amide bonds. The van der Waals surface area contributed by atoms with Crippen LogP contribution in [0.1, 0.15) is 28.5 Å². The van der Waals surface area contributed by atoms with Crippen molar-refractivity contribution in [2.75, 3.05) is 0 Å². The lowest BCUT2D eigenvalue weighted by atomic mass is 9.98. The fraction of sp³-hybridized carbons (Fsp3) is 0.0952. The fourth-order valence-corrected chi connectivity index (χ4v) is 2.50. The summed E-state index contributed by atoms with van der Waals surface area (Å²) in [6.07, 6.45) is 4.73. The molecule has 1 aromatic heterocycles. The Balaban J connectivity index is 1.82. The topological polar surface area (TPSA) is 42.2 Å². The maximum absolute atomic E-state index is 12.3. The van der Waals surface area contributed by atoms with Gasteiger partial charge in [-0.25, -0.2) is 0 Å². The summed E-state index contributed by atoms with van der Waals surface area (Å²) in [5.74, 6) is 0.484. The van der Waals surface area contributed by atoms with Gasteiger partial charge in [0.1, 0.15) is 5.76 Å².